The van der Waals surface area contributed by atoms with Gasteiger partial charge in [-0.2, -0.15) is 0 Å². The van der Waals surface area contributed by atoms with Crippen molar-refractivity contribution in [3.63, 3.8) is 0 Å². The minimum Gasteiger partial charge on any atom is -0.309 e. The molecule has 1 aliphatic heterocycles. The van der Waals surface area contributed by atoms with Gasteiger partial charge in [0, 0.05) is 16.5 Å². The van der Waals surface area contributed by atoms with Crippen molar-refractivity contribution in [2.75, 3.05) is 0 Å². The van der Waals surface area contributed by atoms with Crippen LogP contribution in [0.15, 0.2) is 146 Å². The Hall–Kier alpha value is -4.82. The third-order valence-corrected chi connectivity index (χ3v) is 8.12. The zero-order chi connectivity index (χ0) is 25.1. The number of aromatic nitrogens is 1. The zero-order valence-corrected chi connectivity index (χ0v) is 20.9. The molecule has 0 atom stereocenters. The highest BCUT2D eigenvalue weighted by molar-refractivity contribution is 6.97. The second-order valence-corrected chi connectivity index (χ2v) is 10.1. The predicted octanol–water partition coefficient (Wildman–Crippen LogP) is 6.95. The van der Waals surface area contributed by atoms with Crippen LogP contribution >= 0.6 is 0 Å². The number of fused-ring (bicyclic) bond motifs is 8. The lowest BCUT2D eigenvalue weighted by Gasteiger charge is -2.19. The number of nitrogens with zero attached hydrogens (tertiary/aromatic N) is 1. The Morgan fingerprint density at radius 2 is 0.789 bits per heavy atom. The Morgan fingerprint density at radius 1 is 0.368 bits per heavy atom. The minimum absolute atomic E-state index is 0.155. The van der Waals surface area contributed by atoms with E-state index in [1.807, 2.05) is 0 Å². The van der Waals surface area contributed by atoms with Gasteiger partial charge in [0.25, 0.3) is 0 Å². The molecule has 0 N–H and O–H groups in total. The largest absolute Gasteiger partial charge is 0.309 e. The normalized spacial score (nSPS) is 12.2. The van der Waals surface area contributed by atoms with E-state index in [9.17, 15) is 0 Å². The zero-order valence-electron chi connectivity index (χ0n) is 20.9. The fourth-order valence-corrected chi connectivity index (χ4v) is 6.48. The number of benzene rings is 6. The first kappa shape index (κ1) is 21.3. The molecule has 1 nitrogen and oxygen atoms in total. The Morgan fingerprint density at radius 3 is 1.32 bits per heavy atom. The van der Waals surface area contributed by atoms with E-state index in [2.05, 4.69) is 150 Å². The van der Waals surface area contributed by atoms with E-state index in [4.69, 9.17) is 0 Å². The highest BCUT2D eigenvalue weighted by Gasteiger charge is 2.30. The first-order chi connectivity index (χ1) is 18.9. The molecule has 1 aliphatic rings. The van der Waals surface area contributed by atoms with Crippen LogP contribution in [0.5, 0.6) is 0 Å². The third kappa shape index (κ3) is 3.07. The average Bonchev–Trinajstić information content (AvgIpc) is 3.26. The maximum atomic E-state index is 2.39. The third-order valence-electron chi connectivity index (χ3n) is 8.12. The van der Waals surface area contributed by atoms with Gasteiger partial charge >= 0.3 is 0 Å². The maximum absolute atomic E-state index is 2.39. The van der Waals surface area contributed by atoms with E-state index in [-0.39, 0.29) is 6.71 Å². The van der Waals surface area contributed by atoms with Crippen LogP contribution in [0.1, 0.15) is 0 Å². The smallest absolute Gasteiger partial charge is 0.242 e. The van der Waals surface area contributed by atoms with Crippen molar-refractivity contribution in [1.82, 2.24) is 4.57 Å². The molecule has 0 bridgehead atoms. The van der Waals surface area contributed by atoms with Crippen LogP contribution in [0.25, 0.3) is 49.7 Å². The van der Waals surface area contributed by atoms with Gasteiger partial charge in [-0.1, -0.05) is 138 Å². The summed E-state index contributed by atoms with van der Waals surface area (Å²) in [6, 6.07) is 53.3. The van der Waals surface area contributed by atoms with Crippen LogP contribution in [0, 0.1) is 0 Å². The fraction of sp³-hybridized carbons (Fsp3) is 0. The summed E-state index contributed by atoms with van der Waals surface area (Å²) in [5.41, 5.74) is 12.9. The second-order valence-electron chi connectivity index (χ2n) is 10.1. The molecule has 2 heteroatoms. The molecule has 8 rings (SSSR count). The molecule has 0 unspecified atom stereocenters. The van der Waals surface area contributed by atoms with Crippen molar-refractivity contribution in [1.29, 1.82) is 0 Å². The molecule has 2 heterocycles. The van der Waals surface area contributed by atoms with Crippen LogP contribution in [-0.2, 0) is 0 Å². The molecule has 0 aliphatic carbocycles. The van der Waals surface area contributed by atoms with Gasteiger partial charge in [0.2, 0.25) is 6.71 Å². The van der Waals surface area contributed by atoms with E-state index < -0.39 is 0 Å². The van der Waals surface area contributed by atoms with Crippen LogP contribution in [-0.4, -0.2) is 11.3 Å². The van der Waals surface area contributed by atoms with Crippen molar-refractivity contribution >= 4 is 44.9 Å². The standard InChI is InChI=1S/C36H24BN/c1-2-12-28-27(11-1)29-13-3-7-17-33(29)37(34-18-8-4-14-30(28)34)25-21-23-26(24-22-25)38-35-19-9-5-15-31(35)32-16-6-10-20-36(32)38/h1-24H. The van der Waals surface area contributed by atoms with Gasteiger partial charge in [0.15, 0.2) is 0 Å². The van der Waals surface area contributed by atoms with Crippen molar-refractivity contribution < 1.29 is 0 Å². The lowest BCUT2D eigenvalue weighted by Crippen LogP contribution is -2.52. The van der Waals surface area contributed by atoms with E-state index in [1.165, 1.54) is 66.1 Å². The van der Waals surface area contributed by atoms with E-state index >= 15 is 0 Å². The van der Waals surface area contributed by atoms with Crippen molar-refractivity contribution in [2.24, 2.45) is 0 Å². The summed E-state index contributed by atoms with van der Waals surface area (Å²) in [7, 11) is 0. The Labute approximate surface area is 222 Å². The number of rotatable bonds is 2. The minimum atomic E-state index is 0.155. The molecule has 38 heavy (non-hydrogen) atoms. The summed E-state index contributed by atoms with van der Waals surface area (Å²) in [6.45, 7) is 0.155. The molecule has 0 fully saturated rings. The first-order valence-electron chi connectivity index (χ1n) is 13.2. The molecule has 6 aromatic carbocycles. The van der Waals surface area contributed by atoms with Crippen LogP contribution in [0.3, 0.4) is 0 Å². The van der Waals surface area contributed by atoms with E-state index in [0.717, 1.165) is 0 Å². The lowest BCUT2D eigenvalue weighted by molar-refractivity contribution is 1.18. The molecular weight excluding hydrogens is 457 g/mol. The number of hydrogen-bond acceptors (Lipinski definition) is 0. The van der Waals surface area contributed by atoms with Gasteiger partial charge < -0.3 is 4.57 Å². The van der Waals surface area contributed by atoms with Crippen LogP contribution in [0.2, 0.25) is 0 Å². The summed E-state index contributed by atoms with van der Waals surface area (Å²) >= 11 is 0. The summed E-state index contributed by atoms with van der Waals surface area (Å²) in [5.74, 6) is 0. The average molecular weight is 481 g/mol. The van der Waals surface area contributed by atoms with Crippen molar-refractivity contribution in [2.45, 2.75) is 0 Å². The quantitative estimate of drug-likeness (QED) is 0.236. The van der Waals surface area contributed by atoms with Gasteiger partial charge in [-0.15, -0.1) is 0 Å². The maximum Gasteiger partial charge on any atom is 0.242 e. The summed E-state index contributed by atoms with van der Waals surface area (Å²) < 4.78 is 2.39. The molecule has 0 radical (unpaired) electrons. The Balaban J connectivity index is 1.34. The molecule has 176 valence electrons. The first-order valence-corrected chi connectivity index (χ1v) is 13.2. The molecular formula is C36H24BN. The summed E-state index contributed by atoms with van der Waals surface area (Å²) in [5, 5.41) is 2.58. The Kier molecular flexibility index (Phi) is 4.68. The summed E-state index contributed by atoms with van der Waals surface area (Å²) in [6.07, 6.45) is 0. The van der Waals surface area contributed by atoms with Crippen molar-refractivity contribution in [3.8, 4) is 27.9 Å². The number of hydrogen-bond donors (Lipinski definition) is 0. The Bertz CT molecular complexity index is 1860. The highest BCUT2D eigenvalue weighted by Crippen LogP contribution is 2.34. The fourth-order valence-electron chi connectivity index (χ4n) is 6.48. The van der Waals surface area contributed by atoms with Gasteiger partial charge in [-0.05, 0) is 46.5 Å². The van der Waals surface area contributed by atoms with Crippen molar-refractivity contribution in [3.05, 3.63) is 146 Å². The number of para-hydroxylation sites is 2. The van der Waals surface area contributed by atoms with Gasteiger partial charge in [0.05, 0.1) is 11.0 Å². The van der Waals surface area contributed by atoms with Gasteiger partial charge in [0.1, 0.15) is 0 Å². The van der Waals surface area contributed by atoms with E-state index in [0.29, 0.717) is 0 Å². The van der Waals surface area contributed by atoms with Gasteiger partial charge in [-0.25, -0.2) is 0 Å². The molecule has 0 saturated carbocycles. The second kappa shape index (κ2) is 8.36. The van der Waals surface area contributed by atoms with E-state index in [1.54, 1.807) is 0 Å². The monoisotopic (exact) mass is 481 g/mol. The SMILES string of the molecule is c1ccc2c(c1)B(c1ccc(-n3c4ccccc4c4ccccc43)cc1)c1ccccc1-c1ccccc1-2. The van der Waals surface area contributed by atoms with Crippen LogP contribution < -0.4 is 16.4 Å². The molecule has 0 amide bonds. The molecule has 7 aromatic rings. The predicted molar refractivity (Wildman–Crippen MR) is 163 cm³/mol. The molecule has 0 saturated heterocycles. The molecule has 1 aromatic heterocycles. The topological polar surface area (TPSA) is 4.93 Å². The highest BCUT2D eigenvalue weighted by atomic mass is 15.0. The van der Waals surface area contributed by atoms with Crippen LogP contribution in [0.4, 0.5) is 0 Å². The lowest BCUT2D eigenvalue weighted by atomic mass is 9.36. The van der Waals surface area contributed by atoms with Gasteiger partial charge in [-0.3, -0.25) is 0 Å². The molecule has 0 spiro atoms. The summed E-state index contributed by atoms with van der Waals surface area (Å²) in [4.78, 5) is 0.